The van der Waals surface area contributed by atoms with Crippen LogP contribution < -0.4 is 0 Å². The third kappa shape index (κ3) is 1.72. The van der Waals surface area contributed by atoms with Gasteiger partial charge in [-0.2, -0.15) is 5.10 Å². The molecule has 1 N–H and O–H groups in total. The molecule has 0 radical (unpaired) electrons. The number of hydrogen-bond acceptors (Lipinski definition) is 3. The van der Waals surface area contributed by atoms with Gasteiger partial charge in [0, 0.05) is 17.7 Å². The van der Waals surface area contributed by atoms with Crippen LogP contribution in [0.1, 0.15) is 0 Å². The van der Waals surface area contributed by atoms with E-state index < -0.39 is 9.02 Å². The van der Waals surface area contributed by atoms with Gasteiger partial charge < -0.3 is 4.55 Å². The Morgan fingerprint density at radius 1 is 2.00 bits per heavy atom. The molecule has 1 rings (SSSR count). The van der Waals surface area contributed by atoms with Crippen LogP contribution >= 0.6 is 22.2 Å². The fourth-order valence-corrected chi connectivity index (χ4v) is 2.11. The summed E-state index contributed by atoms with van der Waals surface area (Å²) in [5.74, 6) is 0. The van der Waals surface area contributed by atoms with Crippen molar-refractivity contribution in [1.29, 1.82) is 0 Å². The maximum Gasteiger partial charge on any atom is 0.186 e. The molecule has 0 aliphatic carbocycles. The van der Waals surface area contributed by atoms with Crippen molar-refractivity contribution in [2.45, 2.75) is 0 Å². The molecule has 1 aromatic rings. The lowest BCUT2D eigenvalue weighted by Gasteiger charge is -1.82. The van der Waals surface area contributed by atoms with E-state index in [1.165, 1.54) is 10.3 Å². The molecule has 10 heavy (non-hydrogen) atoms. The Kier molecular flexibility index (Phi) is 2.04. The summed E-state index contributed by atoms with van der Waals surface area (Å²) < 4.78 is 21.1. The highest BCUT2D eigenvalue weighted by molar-refractivity contribution is 8.13. The lowest BCUT2D eigenvalue weighted by Crippen LogP contribution is -1.82. The van der Waals surface area contributed by atoms with Crippen LogP contribution in [0.2, 0.25) is 0 Å². The van der Waals surface area contributed by atoms with Gasteiger partial charge in [0.25, 0.3) is 0 Å². The van der Waals surface area contributed by atoms with E-state index in [0.717, 1.165) is 11.5 Å². The van der Waals surface area contributed by atoms with E-state index in [0.29, 0.717) is 0 Å². The lowest BCUT2D eigenvalue weighted by molar-refractivity contribution is 0.572. The van der Waals surface area contributed by atoms with Crippen molar-refractivity contribution >= 4 is 31.2 Å². The van der Waals surface area contributed by atoms with Gasteiger partial charge in [0.15, 0.2) is 12.8 Å². The molecule has 1 unspecified atom stereocenters. The standard InChI is InChI=1S/C3H5ClN2O2S2/c1-6-5-2-3(9-6)10(4,7)8/h2H,1H3,(H,7,8). The molecule has 1 aromatic heterocycles. The number of hydrogen-bond donors (Lipinski definition) is 1. The molecule has 0 bridgehead atoms. The largest absolute Gasteiger partial charge is 0.301 e. The zero-order valence-electron chi connectivity index (χ0n) is 5.02. The topological polar surface area (TPSA) is 55.1 Å². The van der Waals surface area contributed by atoms with Crippen LogP contribution in [0.4, 0.5) is 0 Å². The molecule has 1 heterocycles. The van der Waals surface area contributed by atoms with Crippen LogP contribution in [0.3, 0.4) is 0 Å². The summed E-state index contributed by atoms with van der Waals surface area (Å²) in [7, 11) is 3.45. The zero-order chi connectivity index (χ0) is 7.78. The molecule has 1 atom stereocenters. The maximum atomic E-state index is 10.7. The van der Waals surface area contributed by atoms with E-state index in [4.69, 9.17) is 15.2 Å². The van der Waals surface area contributed by atoms with Gasteiger partial charge in [-0.05, 0) is 11.5 Å². The quantitative estimate of drug-likeness (QED) is 0.501. The minimum atomic E-state index is -3.32. The highest BCUT2D eigenvalue weighted by atomic mass is 35.7. The number of aryl methyl sites for hydroxylation is 1. The summed E-state index contributed by atoms with van der Waals surface area (Å²) >= 11 is 1.04. The molecule has 0 aliphatic rings. The fraction of sp³-hybridized carbons (Fsp3) is 0.333. The van der Waals surface area contributed by atoms with E-state index in [-0.39, 0.29) is 3.82 Å². The van der Waals surface area contributed by atoms with Crippen LogP contribution in [0.5, 0.6) is 0 Å². The number of aromatic nitrogens is 2. The number of halogens is 1. The molecule has 0 amide bonds. The third-order valence-electron chi connectivity index (χ3n) is 0.796. The van der Waals surface area contributed by atoms with Crippen LogP contribution in [-0.2, 0) is 16.1 Å². The summed E-state index contributed by atoms with van der Waals surface area (Å²) in [5, 5.41) is 3.69. The second-order valence-electron chi connectivity index (χ2n) is 1.58. The summed E-state index contributed by atoms with van der Waals surface area (Å²) in [6.07, 6.45) is 1.28. The van der Waals surface area contributed by atoms with Crippen molar-refractivity contribution in [3.63, 3.8) is 0 Å². The second-order valence-corrected chi connectivity index (χ2v) is 5.60. The minimum Gasteiger partial charge on any atom is -0.301 e. The Morgan fingerprint density at radius 2 is 2.60 bits per heavy atom. The zero-order valence-corrected chi connectivity index (χ0v) is 7.41. The first-order valence-corrected chi connectivity index (χ1v) is 5.40. The van der Waals surface area contributed by atoms with Gasteiger partial charge in [-0.25, -0.2) is 8.28 Å². The molecular weight excluding hydrogens is 196 g/mol. The van der Waals surface area contributed by atoms with Crippen molar-refractivity contribution in [3.05, 3.63) is 10.0 Å². The van der Waals surface area contributed by atoms with E-state index in [9.17, 15) is 4.21 Å². The maximum absolute atomic E-state index is 10.7. The van der Waals surface area contributed by atoms with E-state index in [1.807, 2.05) is 0 Å². The lowest BCUT2D eigenvalue weighted by atomic mass is 11.0. The molecule has 0 fully saturated rings. The molecule has 58 valence electrons. The van der Waals surface area contributed by atoms with Crippen molar-refractivity contribution in [3.8, 4) is 0 Å². The monoisotopic (exact) mass is 200 g/mol. The van der Waals surface area contributed by atoms with Crippen LogP contribution in [0, 0.1) is 3.82 Å². The summed E-state index contributed by atoms with van der Waals surface area (Å²) in [5.41, 5.74) is 0. The average Bonchev–Trinajstić information content (AvgIpc) is 2.11. The van der Waals surface area contributed by atoms with Crippen LogP contribution in [0.25, 0.3) is 0 Å². The smallest absolute Gasteiger partial charge is 0.186 e. The molecule has 0 spiro atoms. The molecule has 4 nitrogen and oxygen atoms in total. The predicted molar refractivity (Wildman–Crippen MR) is 41.0 cm³/mol. The molecule has 0 saturated carbocycles. The SMILES string of the molecule is Cn1ncc(=S(=O)(O)Cl)s1. The van der Waals surface area contributed by atoms with Gasteiger partial charge in [0.1, 0.15) is 0 Å². The normalized spacial score (nSPS) is 16.7. The fourth-order valence-electron chi connectivity index (χ4n) is 0.417. The summed E-state index contributed by atoms with van der Waals surface area (Å²) in [6, 6.07) is 0. The Balaban J connectivity index is 3.61. The Hall–Kier alpha value is -0.0400. The van der Waals surface area contributed by atoms with Gasteiger partial charge in [-0.15, -0.1) is 0 Å². The van der Waals surface area contributed by atoms with Crippen LogP contribution in [-0.4, -0.2) is 17.9 Å². The molecule has 0 aliphatic heterocycles. The second kappa shape index (κ2) is 2.54. The van der Waals surface area contributed by atoms with Gasteiger partial charge >= 0.3 is 0 Å². The Labute approximate surface area is 66.6 Å². The minimum absolute atomic E-state index is 0.177. The van der Waals surface area contributed by atoms with E-state index in [2.05, 4.69) is 5.10 Å². The molecular formula is C3H5ClN2O2S2. The highest BCUT2D eigenvalue weighted by Gasteiger charge is 1.98. The Morgan fingerprint density at radius 3 is 2.80 bits per heavy atom. The van der Waals surface area contributed by atoms with Crippen molar-refractivity contribution in [1.82, 2.24) is 9.17 Å². The van der Waals surface area contributed by atoms with Crippen molar-refractivity contribution in [2.24, 2.45) is 7.05 Å². The van der Waals surface area contributed by atoms with Gasteiger partial charge in [-0.1, -0.05) is 0 Å². The number of nitrogens with zero attached hydrogens (tertiary/aromatic N) is 2. The van der Waals surface area contributed by atoms with Gasteiger partial charge in [-0.3, -0.25) is 0 Å². The van der Waals surface area contributed by atoms with E-state index >= 15 is 0 Å². The highest BCUT2D eigenvalue weighted by Crippen LogP contribution is 2.05. The number of rotatable bonds is 0. The van der Waals surface area contributed by atoms with E-state index in [1.54, 1.807) is 7.05 Å². The Bertz CT molecular complexity index is 364. The van der Waals surface area contributed by atoms with Gasteiger partial charge in [0.2, 0.25) is 0 Å². The van der Waals surface area contributed by atoms with Crippen molar-refractivity contribution in [2.75, 3.05) is 0 Å². The first-order chi connectivity index (χ1) is 4.50. The molecule has 0 saturated heterocycles. The summed E-state index contributed by atoms with van der Waals surface area (Å²) in [4.78, 5) is 0. The molecule has 0 aromatic carbocycles. The van der Waals surface area contributed by atoms with Crippen molar-refractivity contribution < 1.29 is 8.76 Å². The molecule has 7 heteroatoms. The first kappa shape index (κ1) is 8.06. The predicted octanol–water partition coefficient (Wildman–Crippen LogP) is 0.925. The average molecular weight is 201 g/mol. The summed E-state index contributed by atoms with van der Waals surface area (Å²) in [6.45, 7) is 0. The first-order valence-electron chi connectivity index (χ1n) is 2.29. The third-order valence-corrected chi connectivity index (χ3v) is 3.72. The van der Waals surface area contributed by atoms with Crippen LogP contribution in [0.15, 0.2) is 6.20 Å². The van der Waals surface area contributed by atoms with Gasteiger partial charge in [0.05, 0.1) is 6.20 Å².